The first-order valence-electron chi connectivity index (χ1n) is 8.55. The third kappa shape index (κ3) is 5.31. The molecule has 3 aromatic carbocycles. The molecule has 3 rings (SSSR count). The van der Waals surface area contributed by atoms with E-state index in [9.17, 15) is 9.90 Å². The third-order valence-electron chi connectivity index (χ3n) is 3.97. The monoisotopic (exact) mass is 396 g/mol. The molecule has 3 aromatic rings. The largest absolute Gasteiger partial charge is 0.507 e. The standard InChI is InChI=1S/C22H20O3S2/c23-21(24)15-26-11-12-27-18-13-19(16-7-3-1-4-8-16)22(25)20(14-18)17-9-5-2-6-10-17/h1-10,13-14,25H,11-12,15H2,(H,23,24). The smallest absolute Gasteiger partial charge is 0.313 e. The summed E-state index contributed by atoms with van der Waals surface area (Å²) < 4.78 is 0. The predicted octanol–water partition coefficient (Wildman–Crippen LogP) is 5.64. The van der Waals surface area contributed by atoms with Gasteiger partial charge in [0.2, 0.25) is 0 Å². The quantitative estimate of drug-likeness (QED) is 0.381. The molecule has 3 nitrogen and oxygen atoms in total. The fourth-order valence-corrected chi connectivity index (χ4v) is 4.51. The maximum absolute atomic E-state index is 10.9. The van der Waals surface area contributed by atoms with Gasteiger partial charge in [0.05, 0.1) is 5.75 Å². The van der Waals surface area contributed by atoms with Crippen LogP contribution >= 0.6 is 23.5 Å². The molecule has 0 aliphatic heterocycles. The number of aliphatic carboxylic acids is 1. The number of hydrogen-bond donors (Lipinski definition) is 2. The van der Waals surface area contributed by atoms with Gasteiger partial charge in [-0.25, -0.2) is 0 Å². The van der Waals surface area contributed by atoms with E-state index >= 15 is 0 Å². The molecule has 0 bridgehead atoms. The lowest BCUT2D eigenvalue weighted by molar-refractivity contribution is -0.133. The van der Waals surface area contributed by atoms with Crippen molar-refractivity contribution in [2.24, 2.45) is 0 Å². The number of phenolic OH excluding ortho intramolecular Hbond substituents is 1. The number of aromatic hydroxyl groups is 1. The van der Waals surface area contributed by atoms with Gasteiger partial charge in [-0.3, -0.25) is 4.79 Å². The summed E-state index contributed by atoms with van der Waals surface area (Å²) in [5.41, 5.74) is 3.54. The van der Waals surface area contributed by atoms with Crippen molar-refractivity contribution in [3.05, 3.63) is 72.8 Å². The molecule has 0 amide bonds. The number of carboxylic acids is 1. The van der Waals surface area contributed by atoms with Crippen LogP contribution in [0.2, 0.25) is 0 Å². The van der Waals surface area contributed by atoms with Gasteiger partial charge in [-0.15, -0.1) is 23.5 Å². The number of thioether (sulfide) groups is 2. The Morgan fingerprint density at radius 2 is 1.33 bits per heavy atom. The summed E-state index contributed by atoms with van der Waals surface area (Å²) in [6.07, 6.45) is 0. The molecule has 138 valence electrons. The second kappa shape index (κ2) is 9.53. The van der Waals surface area contributed by atoms with E-state index in [4.69, 9.17) is 5.11 Å². The van der Waals surface area contributed by atoms with Gasteiger partial charge in [-0.05, 0) is 23.3 Å². The minimum absolute atomic E-state index is 0.126. The van der Waals surface area contributed by atoms with Gasteiger partial charge < -0.3 is 10.2 Å². The van der Waals surface area contributed by atoms with Crippen LogP contribution in [0, 0.1) is 0 Å². The first kappa shape index (κ1) is 19.4. The van der Waals surface area contributed by atoms with Crippen molar-refractivity contribution in [1.29, 1.82) is 0 Å². The summed E-state index contributed by atoms with van der Waals surface area (Å²) in [7, 11) is 0. The minimum Gasteiger partial charge on any atom is -0.507 e. The van der Waals surface area contributed by atoms with Crippen LogP contribution in [0.5, 0.6) is 5.75 Å². The van der Waals surface area contributed by atoms with Crippen molar-refractivity contribution >= 4 is 29.5 Å². The maximum atomic E-state index is 10.9. The minimum atomic E-state index is -0.785. The maximum Gasteiger partial charge on any atom is 0.313 e. The Kier molecular flexibility index (Phi) is 6.85. The highest BCUT2D eigenvalue weighted by Crippen LogP contribution is 2.41. The average Bonchev–Trinajstić information content (AvgIpc) is 2.70. The Morgan fingerprint density at radius 1 is 0.815 bits per heavy atom. The number of carboxylic acid groups (broad SMARTS) is 1. The van der Waals surface area contributed by atoms with E-state index in [1.165, 1.54) is 11.8 Å². The Labute approximate surface area is 167 Å². The van der Waals surface area contributed by atoms with Crippen LogP contribution in [0.3, 0.4) is 0 Å². The lowest BCUT2D eigenvalue weighted by atomic mass is 9.97. The molecule has 0 aromatic heterocycles. The summed E-state index contributed by atoms with van der Waals surface area (Å²) in [5, 5.41) is 19.6. The number of hydrogen-bond acceptors (Lipinski definition) is 4. The van der Waals surface area contributed by atoms with Crippen LogP contribution in [-0.2, 0) is 4.79 Å². The molecule has 2 N–H and O–H groups in total. The number of benzene rings is 3. The fourth-order valence-electron chi connectivity index (χ4n) is 2.74. The van der Waals surface area contributed by atoms with Crippen molar-refractivity contribution in [1.82, 2.24) is 0 Å². The second-order valence-electron chi connectivity index (χ2n) is 5.89. The molecule has 0 spiro atoms. The topological polar surface area (TPSA) is 57.5 Å². The van der Waals surface area contributed by atoms with Gasteiger partial charge in [-0.1, -0.05) is 60.7 Å². The average molecular weight is 397 g/mol. The third-order valence-corrected chi connectivity index (χ3v) is 6.15. The highest BCUT2D eigenvalue weighted by atomic mass is 32.2. The highest BCUT2D eigenvalue weighted by Gasteiger charge is 2.13. The van der Waals surface area contributed by atoms with Crippen molar-refractivity contribution in [2.75, 3.05) is 17.3 Å². The van der Waals surface area contributed by atoms with Crippen molar-refractivity contribution < 1.29 is 15.0 Å². The van der Waals surface area contributed by atoms with Gasteiger partial charge in [0.1, 0.15) is 5.75 Å². The Morgan fingerprint density at radius 3 is 1.81 bits per heavy atom. The van der Waals surface area contributed by atoms with Crippen molar-refractivity contribution in [3.63, 3.8) is 0 Å². The lowest BCUT2D eigenvalue weighted by Crippen LogP contribution is -1.99. The van der Waals surface area contributed by atoms with Crippen LogP contribution in [0.15, 0.2) is 77.7 Å². The molecule has 27 heavy (non-hydrogen) atoms. The normalized spacial score (nSPS) is 10.7. The zero-order valence-electron chi connectivity index (χ0n) is 14.7. The molecular formula is C22H20O3S2. The summed E-state index contributed by atoms with van der Waals surface area (Å²) >= 11 is 3.09. The molecular weight excluding hydrogens is 376 g/mol. The molecule has 0 saturated carbocycles. The molecule has 5 heteroatoms. The number of phenols is 1. The highest BCUT2D eigenvalue weighted by molar-refractivity contribution is 8.03. The van der Waals surface area contributed by atoms with E-state index in [1.54, 1.807) is 11.8 Å². The van der Waals surface area contributed by atoms with Crippen LogP contribution in [-0.4, -0.2) is 33.4 Å². The molecule has 0 atom stereocenters. The summed E-state index contributed by atoms with van der Waals surface area (Å²) in [6, 6.07) is 23.7. The van der Waals surface area contributed by atoms with E-state index in [2.05, 4.69) is 0 Å². The van der Waals surface area contributed by atoms with E-state index in [0.29, 0.717) is 0 Å². The Balaban J connectivity index is 1.90. The van der Waals surface area contributed by atoms with E-state index < -0.39 is 5.97 Å². The summed E-state index contributed by atoms with van der Waals surface area (Å²) in [5.74, 6) is 1.19. The van der Waals surface area contributed by atoms with Crippen LogP contribution in [0.25, 0.3) is 22.3 Å². The molecule has 0 aliphatic carbocycles. The first-order valence-corrected chi connectivity index (χ1v) is 10.7. The summed E-state index contributed by atoms with van der Waals surface area (Å²) in [4.78, 5) is 11.7. The Hall–Kier alpha value is -2.37. The zero-order chi connectivity index (χ0) is 19.1. The summed E-state index contributed by atoms with van der Waals surface area (Å²) in [6.45, 7) is 0. The van der Waals surface area contributed by atoms with Gasteiger partial charge in [0.15, 0.2) is 0 Å². The molecule has 0 heterocycles. The van der Waals surface area contributed by atoms with Gasteiger partial charge in [-0.2, -0.15) is 0 Å². The SMILES string of the molecule is O=C(O)CSCCSc1cc(-c2ccccc2)c(O)c(-c2ccccc2)c1. The van der Waals surface area contributed by atoms with Crippen molar-refractivity contribution in [3.8, 4) is 28.0 Å². The molecule has 0 unspecified atom stereocenters. The first-order chi connectivity index (χ1) is 13.1. The van der Waals surface area contributed by atoms with Crippen LogP contribution in [0.1, 0.15) is 0 Å². The van der Waals surface area contributed by atoms with E-state index in [1.807, 2.05) is 72.8 Å². The number of rotatable bonds is 8. The van der Waals surface area contributed by atoms with E-state index in [0.717, 1.165) is 38.7 Å². The zero-order valence-corrected chi connectivity index (χ0v) is 16.3. The van der Waals surface area contributed by atoms with Gasteiger partial charge in [0, 0.05) is 27.5 Å². The molecule has 0 radical (unpaired) electrons. The van der Waals surface area contributed by atoms with E-state index in [-0.39, 0.29) is 11.5 Å². The molecule has 0 aliphatic rings. The predicted molar refractivity (Wildman–Crippen MR) is 115 cm³/mol. The van der Waals surface area contributed by atoms with Gasteiger partial charge >= 0.3 is 5.97 Å². The number of carbonyl (C=O) groups is 1. The van der Waals surface area contributed by atoms with Crippen LogP contribution in [0.4, 0.5) is 0 Å². The second-order valence-corrected chi connectivity index (χ2v) is 8.17. The molecule has 0 saturated heterocycles. The van der Waals surface area contributed by atoms with Crippen molar-refractivity contribution in [2.45, 2.75) is 4.90 Å². The lowest BCUT2D eigenvalue weighted by Gasteiger charge is -2.14. The molecule has 0 fully saturated rings. The van der Waals surface area contributed by atoms with Gasteiger partial charge in [0.25, 0.3) is 0 Å². The Bertz CT molecular complexity index is 835. The van der Waals surface area contributed by atoms with Crippen LogP contribution < -0.4 is 0 Å². The fraction of sp³-hybridized carbons (Fsp3) is 0.136.